The fraction of sp³-hybridized carbons (Fsp3) is 0.412. The molecule has 24 heavy (non-hydrogen) atoms. The van der Waals surface area contributed by atoms with Crippen molar-refractivity contribution in [2.24, 2.45) is 0 Å². The van der Waals surface area contributed by atoms with E-state index >= 15 is 0 Å². The van der Waals surface area contributed by atoms with Crippen molar-refractivity contribution in [3.8, 4) is 6.07 Å². The summed E-state index contributed by atoms with van der Waals surface area (Å²) in [5.74, 6) is 1.86. The van der Waals surface area contributed by atoms with Crippen molar-refractivity contribution in [1.29, 1.82) is 5.26 Å². The number of aryl methyl sites for hydroxylation is 2. The summed E-state index contributed by atoms with van der Waals surface area (Å²) in [6.07, 6.45) is 3.76. The molecule has 0 fully saturated rings. The molecule has 0 saturated heterocycles. The fourth-order valence-corrected chi connectivity index (χ4v) is 3.30. The molecule has 2 aromatic rings. The van der Waals surface area contributed by atoms with Gasteiger partial charge < -0.3 is 9.42 Å². The molecule has 0 saturated carbocycles. The SMILES string of the molecule is Cc1noc(C)c1CSCC(=O)N(CCC#N)Cc1cccnc1. The lowest BCUT2D eigenvalue weighted by atomic mass is 10.2. The van der Waals surface area contributed by atoms with Gasteiger partial charge in [0.2, 0.25) is 5.91 Å². The maximum absolute atomic E-state index is 12.5. The summed E-state index contributed by atoms with van der Waals surface area (Å²) in [5.41, 5.74) is 2.87. The van der Waals surface area contributed by atoms with Crippen LogP contribution in [-0.4, -0.2) is 33.2 Å². The number of rotatable bonds is 8. The number of pyridine rings is 1. The van der Waals surface area contributed by atoms with Gasteiger partial charge in [-0.15, -0.1) is 11.8 Å². The van der Waals surface area contributed by atoms with Crippen LogP contribution in [0.4, 0.5) is 0 Å². The van der Waals surface area contributed by atoms with E-state index in [9.17, 15) is 4.79 Å². The standard InChI is InChI=1S/C17H20N4O2S/c1-13-16(14(2)23-20-13)11-24-12-17(22)21(8-4-6-18)10-15-5-3-7-19-9-15/h3,5,7,9H,4,8,10-12H2,1-2H3. The van der Waals surface area contributed by atoms with Crippen molar-refractivity contribution >= 4 is 17.7 Å². The van der Waals surface area contributed by atoms with E-state index in [1.54, 1.807) is 17.3 Å². The number of hydrogen-bond donors (Lipinski definition) is 0. The molecule has 0 aliphatic heterocycles. The average Bonchev–Trinajstić information content (AvgIpc) is 2.91. The second kappa shape index (κ2) is 9.08. The van der Waals surface area contributed by atoms with Crippen LogP contribution in [0.3, 0.4) is 0 Å². The smallest absolute Gasteiger partial charge is 0.232 e. The van der Waals surface area contributed by atoms with Crippen molar-refractivity contribution in [2.45, 2.75) is 32.6 Å². The number of hydrogen-bond acceptors (Lipinski definition) is 6. The molecule has 0 aromatic carbocycles. The number of nitriles is 1. The zero-order valence-electron chi connectivity index (χ0n) is 13.9. The third kappa shape index (κ3) is 5.10. The Kier molecular flexibility index (Phi) is 6.82. The van der Waals surface area contributed by atoms with Crippen LogP contribution in [0, 0.1) is 25.2 Å². The molecule has 2 aromatic heterocycles. The van der Waals surface area contributed by atoms with Crippen molar-refractivity contribution in [2.75, 3.05) is 12.3 Å². The van der Waals surface area contributed by atoms with Gasteiger partial charge in [-0.3, -0.25) is 9.78 Å². The van der Waals surface area contributed by atoms with E-state index in [1.165, 1.54) is 11.8 Å². The zero-order valence-corrected chi connectivity index (χ0v) is 14.7. The van der Waals surface area contributed by atoms with Crippen LogP contribution in [0.25, 0.3) is 0 Å². The van der Waals surface area contributed by atoms with Crippen LogP contribution >= 0.6 is 11.8 Å². The molecule has 2 rings (SSSR count). The lowest BCUT2D eigenvalue weighted by Gasteiger charge is -2.21. The number of nitrogens with zero attached hydrogens (tertiary/aromatic N) is 4. The van der Waals surface area contributed by atoms with Gasteiger partial charge in [0.05, 0.1) is 23.9 Å². The minimum absolute atomic E-state index is 0.0193. The molecule has 0 unspecified atom stereocenters. The van der Waals surface area contributed by atoms with E-state index in [4.69, 9.17) is 9.78 Å². The number of thioether (sulfide) groups is 1. The second-order valence-corrected chi connectivity index (χ2v) is 6.37. The maximum atomic E-state index is 12.5. The highest BCUT2D eigenvalue weighted by Gasteiger charge is 2.15. The number of carbonyl (C=O) groups excluding carboxylic acids is 1. The Morgan fingerprint density at radius 3 is 2.92 bits per heavy atom. The van der Waals surface area contributed by atoms with Gasteiger partial charge >= 0.3 is 0 Å². The molecule has 126 valence electrons. The van der Waals surface area contributed by atoms with E-state index in [2.05, 4.69) is 16.2 Å². The van der Waals surface area contributed by atoms with Gasteiger partial charge in [0.25, 0.3) is 0 Å². The summed E-state index contributed by atoms with van der Waals surface area (Å²) in [7, 11) is 0. The molecule has 0 aliphatic rings. The Balaban J connectivity index is 1.91. The topological polar surface area (TPSA) is 83.0 Å². The van der Waals surface area contributed by atoms with Gasteiger partial charge in [-0.1, -0.05) is 11.2 Å². The lowest BCUT2D eigenvalue weighted by molar-refractivity contribution is -0.128. The highest BCUT2D eigenvalue weighted by Crippen LogP contribution is 2.20. The van der Waals surface area contributed by atoms with Crippen LogP contribution in [0.15, 0.2) is 29.0 Å². The Morgan fingerprint density at radius 2 is 2.29 bits per heavy atom. The molecular weight excluding hydrogens is 324 g/mol. The molecular formula is C17H20N4O2S. The maximum Gasteiger partial charge on any atom is 0.232 e. The Bertz CT molecular complexity index is 690. The Morgan fingerprint density at radius 1 is 1.46 bits per heavy atom. The molecule has 0 atom stereocenters. The van der Waals surface area contributed by atoms with Crippen molar-refractivity contribution in [3.63, 3.8) is 0 Å². The Hall–Kier alpha value is -2.33. The first kappa shape index (κ1) is 18.0. The van der Waals surface area contributed by atoms with E-state index in [0.29, 0.717) is 31.0 Å². The third-order valence-electron chi connectivity index (χ3n) is 3.60. The van der Waals surface area contributed by atoms with Gasteiger partial charge in [0.1, 0.15) is 5.76 Å². The predicted molar refractivity (Wildman–Crippen MR) is 92.0 cm³/mol. The quantitative estimate of drug-likeness (QED) is 0.732. The first-order valence-electron chi connectivity index (χ1n) is 7.65. The van der Waals surface area contributed by atoms with Gasteiger partial charge in [0.15, 0.2) is 0 Å². The fourth-order valence-electron chi connectivity index (χ4n) is 2.23. The van der Waals surface area contributed by atoms with E-state index in [-0.39, 0.29) is 5.91 Å². The van der Waals surface area contributed by atoms with Gasteiger partial charge in [0, 0.05) is 36.8 Å². The first-order valence-corrected chi connectivity index (χ1v) is 8.80. The summed E-state index contributed by atoms with van der Waals surface area (Å²) < 4.78 is 5.13. The summed E-state index contributed by atoms with van der Waals surface area (Å²) in [5, 5.41) is 12.7. The summed E-state index contributed by atoms with van der Waals surface area (Å²) in [6, 6.07) is 5.86. The van der Waals surface area contributed by atoms with Crippen LogP contribution in [0.1, 0.15) is 29.0 Å². The van der Waals surface area contributed by atoms with Crippen LogP contribution < -0.4 is 0 Å². The lowest BCUT2D eigenvalue weighted by Crippen LogP contribution is -2.32. The molecule has 1 amide bonds. The van der Waals surface area contributed by atoms with Crippen LogP contribution in [0.2, 0.25) is 0 Å². The van der Waals surface area contributed by atoms with E-state index in [1.807, 2.05) is 26.0 Å². The zero-order chi connectivity index (χ0) is 17.4. The largest absolute Gasteiger partial charge is 0.361 e. The molecule has 0 radical (unpaired) electrons. The van der Waals surface area contributed by atoms with Crippen molar-refractivity contribution in [3.05, 3.63) is 47.1 Å². The summed E-state index contributed by atoms with van der Waals surface area (Å²) in [6.45, 7) is 4.67. The highest BCUT2D eigenvalue weighted by atomic mass is 32.2. The second-order valence-electron chi connectivity index (χ2n) is 5.38. The third-order valence-corrected chi connectivity index (χ3v) is 4.54. The number of amides is 1. The molecule has 6 nitrogen and oxygen atoms in total. The molecule has 0 aliphatic carbocycles. The minimum atomic E-state index is 0.0193. The molecule has 0 spiro atoms. The molecule has 0 bridgehead atoms. The molecule has 7 heteroatoms. The minimum Gasteiger partial charge on any atom is -0.361 e. The monoisotopic (exact) mass is 344 g/mol. The summed E-state index contributed by atoms with van der Waals surface area (Å²) in [4.78, 5) is 18.3. The van der Waals surface area contributed by atoms with Crippen molar-refractivity contribution in [1.82, 2.24) is 15.0 Å². The number of carbonyl (C=O) groups is 1. The highest BCUT2D eigenvalue weighted by molar-refractivity contribution is 7.99. The van der Waals surface area contributed by atoms with E-state index in [0.717, 1.165) is 22.6 Å². The normalized spacial score (nSPS) is 10.4. The average molecular weight is 344 g/mol. The molecule has 2 heterocycles. The van der Waals surface area contributed by atoms with Gasteiger partial charge in [-0.25, -0.2) is 0 Å². The predicted octanol–water partition coefficient (Wildman–Crippen LogP) is 2.86. The van der Waals surface area contributed by atoms with Gasteiger partial charge in [-0.2, -0.15) is 5.26 Å². The number of aromatic nitrogens is 2. The molecule has 0 N–H and O–H groups in total. The van der Waals surface area contributed by atoms with E-state index < -0.39 is 0 Å². The van der Waals surface area contributed by atoms with Crippen LogP contribution in [-0.2, 0) is 17.1 Å². The summed E-state index contributed by atoms with van der Waals surface area (Å²) >= 11 is 1.53. The van der Waals surface area contributed by atoms with Gasteiger partial charge in [-0.05, 0) is 25.5 Å². The van der Waals surface area contributed by atoms with Crippen molar-refractivity contribution < 1.29 is 9.32 Å². The van der Waals surface area contributed by atoms with Crippen LogP contribution in [0.5, 0.6) is 0 Å². The Labute approximate surface area is 145 Å². The first-order chi connectivity index (χ1) is 11.6.